The molecule has 0 spiro atoms. The topological polar surface area (TPSA) is 176 Å². The first-order valence-electron chi connectivity index (χ1n) is 19.5. The van der Waals surface area contributed by atoms with Crippen molar-refractivity contribution >= 4 is 34.7 Å². The van der Waals surface area contributed by atoms with E-state index in [2.05, 4.69) is 0 Å². The first kappa shape index (κ1) is 39.5. The average Bonchev–Trinajstić information content (AvgIpc) is 3.61. The van der Waals surface area contributed by atoms with Crippen molar-refractivity contribution in [3.05, 3.63) is 136 Å². The molecule has 2 aliphatic rings. The average molecular weight is 810 g/mol. The number of benzene rings is 4. The number of aromatic hydroxyl groups is 1. The van der Waals surface area contributed by atoms with Crippen LogP contribution in [-0.4, -0.2) is 69.8 Å². The van der Waals surface area contributed by atoms with E-state index in [9.17, 15) is 24.3 Å². The SMILES string of the molecule is CCC1(OC(=O)N(C)CCN(C)C(=O)OC(C)c2ccc(N)c(Oc3ccc(-c4ccccc4)cc3)c2)C(=O)OCc2c1cc1n(c2=O)Cc2cc3cc(O)ccc3nc2-1. The molecular weight excluding hydrogens is 767 g/mol. The van der Waals surface area contributed by atoms with E-state index in [1.807, 2.05) is 60.7 Å². The number of anilines is 1. The molecule has 0 fully saturated rings. The number of amides is 2. The largest absolute Gasteiger partial charge is 0.508 e. The summed E-state index contributed by atoms with van der Waals surface area (Å²) in [5, 5.41) is 10.7. The maximum atomic E-state index is 13.9. The van der Waals surface area contributed by atoms with Gasteiger partial charge >= 0.3 is 18.2 Å². The van der Waals surface area contributed by atoms with Crippen molar-refractivity contribution in [3.8, 4) is 39.8 Å². The van der Waals surface area contributed by atoms with Crippen molar-refractivity contribution in [3.63, 3.8) is 0 Å². The third-order valence-corrected chi connectivity index (χ3v) is 11.1. The van der Waals surface area contributed by atoms with Crippen LogP contribution in [-0.2, 0) is 37.8 Å². The Morgan fingerprint density at radius 1 is 0.917 bits per heavy atom. The lowest BCUT2D eigenvalue weighted by Gasteiger charge is -2.36. The highest BCUT2D eigenvalue weighted by Crippen LogP contribution is 2.41. The lowest BCUT2D eigenvalue weighted by atomic mass is 9.85. The number of esters is 1. The molecule has 306 valence electrons. The van der Waals surface area contributed by atoms with E-state index in [4.69, 9.17) is 29.7 Å². The molecule has 2 aromatic heterocycles. The van der Waals surface area contributed by atoms with Crippen molar-refractivity contribution in [2.24, 2.45) is 0 Å². The summed E-state index contributed by atoms with van der Waals surface area (Å²) in [6, 6.07) is 31.2. The lowest BCUT2D eigenvalue weighted by Crippen LogP contribution is -2.49. The van der Waals surface area contributed by atoms with Gasteiger partial charge < -0.3 is 44.2 Å². The van der Waals surface area contributed by atoms with Crippen LogP contribution in [0.25, 0.3) is 33.4 Å². The number of aromatic nitrogens is 2. The Hall–Kier alpha value is -7.35. The minimum absolute atomic E-state index is 0.0128. The Kier molecular flexibility index (Phi) is 10.4. The van der Waals surface area contributed by atoms with Crippen molar-refractivity contribution in [1.29, 1.82) is 0 Å². The molecule has 0 radical (unpaired) electrons. The van der Waals surface area contributed by atoms with E-state index in [0.717, 1.165) is 22.1 Å². The van der Waals surface area contributed by atoms with Gasteiger partial charge in [0.1, 0.15) is 24.2 Å². The molecule has 0 aliphatic carbocycles. The zero-order valence-electron chi connectivity index (χ0n) is 33.5. The van der Waals surface area contributed by atoms with Gasteiger partial charge in [-0.15, -0.1) is 0 Å². The van der Waals surface area contributed by atoms with Gasteiger partial charge in [-0.1, -0.05) is 55.5 Å². The van der Waals surface area contributed by atoms with Crippen molar-refractivity contribution in [2.75, 3.05) is 32.9 Å². The summed E-state index contributed by atoms with van der Waals surface area (Å²) >= 11 is 0. The maximum Gasteiger partial charge on any atom is 0.411 e. The highest BCUT2D eigenvalue weighted by atomic mass is 16.6. The lowest BCUT2D eigenvalue weighted by molar-refractivity contribution is -0.173. The third kappa shape index (κ3) is 7.31. The summed E-state index contributed by atoms with van der Waals surface area (Å²) in [5.74, 6) is 0.312. The van der Waals surface area contributed by atoms with Crippen LogP contribution in [0.4, 0.5) is 15.3 Å². The molecule has 4 heterocycles. The Balaban J connectivity index is 0.914. The fraction of sp³-hybridized carbons (Fsp3) is 0.239. The normalized spacial score (nSPS) is 15.6. The Morgan fingerprint density at radius 3 is 2.37 bits per heavy atom. The molecule has 0 saturated carbocycles. The molecule has 2 amide bonds. The molecule has 14 nitrogen and oxygen atoms in total. The second-order valence-electron chi connectivity index (χ2n) is 15.0. The van der Waals surface area contributed by atoms with Crippen LogP contribution in [0.3, 0.4) is 0 Å². The number of hydrogen-bond acceptors (Lipinski definition) is 11. The van der Waals surface area contributed by atoms with E-state index in [1.54, 1.807) is 61.9 Å². The predicted molar refractivity (Wildman–Crippen MR) is 223 cm³/mol. The van der Waals surface area contributed by atoms with E-state index in [1.165, 1.54) is 22.9 Å². The molecule has 60 heavy (non-hydrogen) atoms. The number of carbonyl (C=O) groups is 3. The standard InChI is InChI=1S/C46H43N5O9/c1-5-46(36-24-39-41-32(21-31-22-33(52)14-18-38(31)48-41)25-51(39)42(53)35(36)26-57-43(46)54)60-45(56)50(4)20-19-49(3)44(55)58-27(2)30-13-17-37(47)40(23-30)59-34-15-11-29(12-16-34)28-9-7-6-8-10-28/h6-18,21-24,27,52H,5,19-20,25-26,47H2,1-4H3. The van der Waals surface area contributed by atoms with Gasteiger partial charge in [-0.05, 0) is 84.6 Å². The van der Waals surface area contributed by atoms with Crippen molar-refractivity contribution in [2.45, 2.75) is 45.1 Å². The second kappa shape index (κ2) is 15.8. The van der Waals surface area contributed by atoms with E-state index >= 15 is 0 Å². The van der Waals surface area contributed by atoms with Crippen LogP contribution >= 0.6 is 0 Å². The number of nitrogens with two attached hydrogens (primary N) is 1. The number of nitrogens with zero attached hydrogens (tertiary/aromatic N) is 4. The summed E-state index contributed by atoms with van der Waals surface area (Å²) in [6.45, 7) is 3.45. The van der Waals surface area contributed by atoms with E-state index in [-0.39, 0.29) is 55.1 Å². The maximum absolute atomic E-state index is 13.9. The number of nitrogen functional groups attached to an aromatic ring is 1. The van der Waals surface area contributed by atoms with Crippen LogP contribution in [0.1, 0.15) is 48.6 Å². The highest BCUT2D eigenvalue weighted by molar-refractivity contribution is 5.88. The number of cyclic esters (lactones) is 1. The summed E-state index contributed by atoms with van der Waals surface area (Å²) in [5.41, 5.74) is 10.0. The van der Waals surface area contributed by atoms with Crippen LogP contribution in [0, 0.1) is 0 Å². The van der Waals surface area contributed by atoms with Crippen LogP contribution in [0.2, 0.25) is 0 Å². The van der Waals surface area contributed by atoms with Gasteiger partial charge in [-0.3, -0.25) is 4.79 Å². The molecule has 0 saturated heterocycles. The number of ether oxygens (including phenoxy) is 4. The number of fused-ring (bicyclic) bond motifs is 5. The molecule has 6 aromatic rings. The number of carbonyl (C=O) groups excluding carboxylic acids is 3. The van der Waals surface area contributed by atoms with Gasteiger partial charge in [-0.2, -0.15) is 0 Å². The van der Waals surface area contributed by atoms with Gasteiger partial charge in [0.05, 0.1) is 34.7 Å². The molecular formula is C46H43N5O9. The number of phenolic OH excluding ortho intramolecular Hbond substituents is 1. The van der Waals surface area contributed by atoms with Crippen LogP contribution < -0.4 is 16.0 Å². The van der Waals surface area contributed by atoms with Gasteiger partial charge in [-0.25, -0.2) is 19.4 Å². The Morgan fingerprint density at radius 2 is 1.63 bits per heavy atom. The number of hydrogen-bond donors (Lipinski definition) is 2. The first-order valence-corrected chi connectivity index (χ1v) is 19.5. The fourth-order valence-corrected chi connectivity index (χ4v) is 7.51. The molecule has 3 N–H and O–H groups in total. The number of pyridine rings is 2. The molecule has 2 aliphatic heterocycles. The zero-order valence-corrected chi connectivity index (χ0v) is 33.5. The number of phenols is 1. The van der Waals surface area contributed by atoms with Crippen LogP contribution in [0.15, 0.2) is 108 Å². The summed E-state index contributed by atoms with van der Waals surface area (Å²) < 4.78 is 24.9. The molecule has 14 heteroatoms. The summed E-state index contributed by atoms with van der Waals surface area (Å²) in [6.07, 6.45) is -2.18. The molecule has 8 rings (SSSR count). The number of rotatable bonds is 10. The highest BCUT2D eigenvalue weighted by Gasteiger charge is 2.51. The summed E-state index contributed by atoms with van der Waals surface area (Å²) in [7, 11) is 3.02. The van der Waals surface area contributed by atoms with Crippen LogP contribution in [0.5, 0.6) is 17.2 Å². The van der Waals surface area contributed by atoms with E-state index in [0.29, 0.717) is 39.7 Å². The Labute approximate surface area is 345 Å². The minimum Gasteiger partial charge on any atom is -0.508 e. The molecule has 2 unspecified atom stereocenters. The molecule has 4 aromatic carbocycles. The zero-order chi connectivity index (χ0) is 42.3. The van der Waals surface area contributed by atoms with Gasteiger partial charge in [0.2, 0.25) is 5.60 Å². The second-order valence-corrected chi connectivity index (χ2v) is 15.0. The van der Waals surface area contributed by atoms with E-state index < -0.39 is 29.9 Å². The smallest absolute Gasteiger partial charge is 0.411 e. The summed E-state index contributed by atoms with van der Waals surface area (Å²) in [4.78, 5) is 61.7. The molecule has 2 atom stereocenters. The monoisotopic (exact) mass is 809 g/mol. The van der Waals surface area contributed by atoms with Gasteiger partial charge in [0.15, 0.2) is 5.75 Å². The Bertz CT molecular complexity index is 2720. The van der Waals surface area contributed by atoms with Crippen molar-refractivity contribution < 1.29 is 38.4 Å². The van der Waals surface area contributed by atoms with Gasteiger partial charge in [0, 0.05) is 43.7 Å². The number of likely N-dealkylation sites (N-methyl/N-ethyl adjacent to an activating group) is 2. The van der Waals surface area contributed by atoms with Gasteiger partial charge in [0.25, 0.3) is 5.56 Å². The third-order valence-electron chi connectivity index (χ3n) is 11.1. The minimum atomic E-state index is -1.91. The van der Waals surface area contributed by atoms with Crippen molar-refractivity contribution in [1.82, 2.24) is 19.4 Å². The quantitative estimate of drug-likeness (QED) is 0.0786. The fourth-order valence-electron chi connectivity index (χ4n) is 7.51. The predicted octanol–water partition coefficient (Wildman–Crippen LogP) is 7.73. The molecule has 0 bridgehead atoms. The first-order chi connectivity index (χ1) is 28.8.